The van der Waals surface area contributed by atoms with E-state index in [0.29, 0.717) is 6.54 Å². The number of piperidine rings is 1. The van der Waals surface area contributed by atoms with Crippen LogP contribution in [0.4, 0.5) is 5.82 Å². The monoisotopic (exact) mass is 362 g/mol. The van der Waals surface area contributed by atoms with Crippen molar-refractivity contribution in [2.24, 2.45) is 5.92 Å². The molecule has 3 aromatic rings. The van der Waals surface area contributed by atoms with Gasteiger partial charge in [0, 0.05) is 31.1 Å². The Balaban J connectivity index is 1.52. The molecule has 1 aromatic carbocycles. The molecule has 0 spiro atoms. The van der Waals surface area contributed by atoms with Gasteiger partial charge in [0.15, 0.2) is 11.5 Å². The normalized spacial score (nSPS) is 15.0. The molecule has 7 nitrogen and oxygen atoms in total. The van der Waals surface area contributed by atoms with Gasteiger partial charge in [0.05, 0.1) is 0 Å². The van der Waals surface area contributed by atoms with E-state index in [-0.39, 0.29) is 11.8 Å². The standard InChI is InChI=1S/C20H22N6O/c1-2-12-21-20(27)16-10-13-25(14-11-16)18-9-8-17-22-23-19(26(17)24-18)15-6-4-3-5-7-15/h2-9,16H,1,10-14H2,(H,21,27). The van der Waals surface area contributed by atoms with Gasteiger partial charge in [0.2, 0.25) is 5.91 Å². The largest absolute Gasteiger partial charge is 0.355 e. The molecule has 1 aliphatic heterocycles. The average Bonchev–Trinajstić information content (AvgIpc) is 3.16. The fourth-order valence-electron chi connectivity index (χ4n) is 3.40. The smallest absolute Gasteiger partial charge is 0.223 e. The van der Waals surface area contributed by atoms with Gasteiger partial charge in [0.25, 0.3) is 0 Å². The number of hydrogen-bond acceptors (Lipinski definition) is 5. The number of hydrogen-bond donors (Lipinski definition) is 1. The SMILES string of the molecule is C=CCNC(=O)C1CCN(c2ccc3nnc(-c4ccccc4)n3n2)CC1. The molecule has 1 saturated heterocycles. The molecule has 27 heavy (non-hydrogen) atoms. The highest BCUT2D eigenvalue weighted by Gasteiger charge is 2.25. The summed E-state index contributed by atoms with van der Waals surface area (Å²) in [7, 11) is 0. The second-order valence-corrected chi connectivity index (χ2v) is 6.65. The van der Waals surface area contributed by atoms with E-state index in [1.165, 1.54) is 0 Å². The number of amides is 1. The first-order valence-corrected chi connectivity index (χ1v) is 9.17. The third-order valence-corrected chi connectivity index (χ3v) is 4.89. The number of nitrogens with one attached hydrogen (secondary N) is 1. The predicted molar refractivity (Wildman–Crippen MR) is 104 cm³/mol. The Morgan fingerprint density at radius 3 is 2.67 bits per heavy atom. The van der Waals surface area contributed by atoms with E-state index < -0.39 is 0 Å². The van der Waals surface area contributed by atoms with Crippen molar-refractivity contribution < 1.29 is 4.79 Å². The molecule has 1 N–H and O–H groups in total. The molecule has 0 radical (unpaired) electrons. The van der Waals surface area contributed by atoms with Gasteiger partial charge in [-0.25, -0.2) is 0 Å². The molecule has 0 bridgehead atoms. The molecule has 2 aromatic heterocycles. The van der Waals surface area contributed by atoms with Crippen LogP contribution in [0.5, 0.6) is 0 Å². The topological polar surface area (TPSA) is 75.4 Å². The second kappa shape index (κ2) is 7.57. The maximum Gasteiger partial charge on any atom is 0.223 e. The quantitative estimate of drug-likeness (QED) is 0.705. The fraction of sp³-hybridized carbons (Fsp3) is 0.300. The Bertz CT molecular complexity index is 944. The highest BCUT2D eigenvalue weighted by molar-refractivity contribution is 5.79. The average molecular weight is 362 g/mol. The lowest BCUT2D eigenvalue weighted by Gasteiger charge is -2.31. The summed E-state index contributed by atoms with van der Waals surface area (Å²) in [5.74, 6) is 1.78. The Hall–Kier alpha value is -3.22. The third kappa shape index (κ3) is 3.53. The molecule has 0 saturated carbocycles. The summed E-state index contributed by atoms with van der Waals surface area (Å²) in [6.45, 7) is 5.75. The summed E-state index contributed by atoms with van der Waals surface area (Å²) >= 11 is 0. The molecule has 0 atom stereocenters. The van der Waals surface area contributed by atoms with Gasteiger partial charge in [-0.05, 0) is 25.0 Å². The highest BCUT2D eigenvalue weighted by atomic mass is 16.1. The Kier molecular flexibility index (Phi) is 4.82. The molecular formula is C20H22N6O. The molecule has 1 fully saturated rings. The first kappa shape index (κ1) is 17.2. The van der Waals surface area contributed by atoms with Gasteiger partial charge in [0.1, 0.15) is 5.82 Å². The Morgan fingerprint density at radius 1 is 1.15 bits per heavy atom. The molecule has 7 heteroatoms. The fourth-order valence-corrected chi connectivity index (χ4v) is 3.40. The van der Waals surface area contributed by atoms with Crippen LogP contribution in [0.2, 0.25) is 0 Å². The van der Waals surface area contributed by atoms with E-state index in [4.69, 9.17) is 5.10 Å². The van der Waals surface area contributed by atoms with Gasteiger partial charge in [-0.15, -0.1) is 21.9 Å². The summed E-state index contributed by atoms with van der Waals surface area (Å²) in [6.07, 6.45) is 3.34. The molecular weight excluding hydrogens is 340 g/mol. The van der Waals surface area contributed by atoms with E-state index in [1.807, 2.05) is 42.5 Å². The first-order valence-electron chi connectivity index (χ1n) is 9.17. The number of carbonyl (C=O) groups is 1. The van der Waals surface area contributed by atoms with Gasteiger partial charge in [-0.2, -0.15) is 4.52 Å². The van der Waals surface area contributed by atoms with E-state index >= 15 is 0 Å². The lowest BCUT2D eigenvalue weighted by atomic mass is 9.96. The number of benzene rings is 1. The third-order valence-electron chi connectivity index (χ3n) is 4.89. The van der Waals surface area contributed by atoms with Gasteiger partial charge in [-0.3, -0.25) is 4.79 Å². The molecule has 3 heterocycles. The van der Waals surface area contributed by atoms with Crippen LogP contribution in [-0.4, -0.2) is 45.4 Å². The zero-order chi connectivity index (χ0) is 18.6. The minimum Gasteiger partial charge on any atom is -0.355 e. The van der Waals surface area contributed by atoms with Crippen molar-refractivity contribution in [1.82, 2.24) is 25.1 Å². The predicted octanol–water partition coefficient (Wildman–Crippen LogP) is 2.31. The molecule has 1 amide bonds. The number of anilines is 1. The Labute approximate surface area is 157 Å². The highest BCUT2D eigenvalue weighted by Crippen LogP contribution is 2.24. The van der Waals surface area contributed by atoms with Crippen LogP contribution in [0.25, 0.3) is 17.0 Å². The van der Waals surface area contributed by atoms with Crippen LogP contribution in [0, 0.1) is 5.92 Å². The van der Waals surface area contributed by atoms with Crippen LogP contribution < -0.4 is 10.2 Å². The van der Waals surface area contributed by atoms with E-state index in [0.717, 1.165) is 48.8 Å². The van der Waals surface area contributed by atoms with Crippen LogP contribution in [0.15, 0.2) is 55.1 Å². The summed E-state index contributed by atoms with van der Waals surface area (Å²) in [4.78, 5) is 14.3. The zero-order valence-electron chi connectivity index (χ0n) is 15.1. The van der Waals surface area contributed by atoms with Crippen LogP contribution in [0.1, 0.15) is 12.8 Å². The van der Waals surface area contributed by atoms with Gasteiger partial charge in [-0.1, -0.05) is 36.4 Å². The van der Waals surface area contributed by atoms with Crippen molar-refractivity contribution in [3.05, 3.63) is 55.1 Å². The van der Waals surface area contributed by atoms with Crippen molar-refractivity contribution in [2.45, 2.75) is 12.8 Å². The zero-order valence-corrected chi connectivity index (χ0v) is 15.1. The maximum absolute atomic E-state index is 12.1. The van der Waals surface area contributed by atoms with Crippen LogP contribution in [-0.2, 0) is 4.79 Å². The second-order valence-electron chi connectivity index (χ2n) is 6.65. The molecule has 0 unspecified atom stereocenters. The molecule has 138 valence electrons. The van der Waals surface area contributed by atoms with Crippen molar-refractivity contribution in [3.63, 3.8) is 0 Å². The first-order chi connectivity index (χ1) is 13.3. The van der Waals surface area contributed by atoms with Gasteiger partial charge < -0.3 is 10.2 Å². The van der Waals surface area contributed by atoms with Crippen molar-refractivity contribution >= 4 is 17.4 Å². The molecule has 0 aliphatic carbocycles. The van der Waals surface area contributed by atoms with Crippen molar-refractivity contribution in [2.75, 3.05) is 24.5 Å². The Morgan fingerprint density at radius 2 is 1.93 bits per heavy atom. The van der Waals surface area contributed by atoms with Crippen molar-refractivity contribution in [1.29, 1.82) is 0 Å². The summed E-state index contributed by atoms with van der Waals surface area (Å²) in [5.41, 5.74) is 1.70. The minimum atomic E-state index is 0.0553. The maximum atomic E-state index is 12.1. The minimum absolute atomic E-state index is 0.0553. The number of carbonyl (C=O) groups excluding carboxylic acids is 1. The lowest BCUT2D eigenvalue weighted by Crippen LogP contribution is -2.41. The molecule has 1 aliphatic rings. The number of aromatic nitrogens is 4. The summed E-state index contributed by atoms with van der Waals surface area (Å²) < 4.78 is 1.79. The summed E-state index contributed by atoms with van der Waals surface area (Å²) in [5, 5.41) is 16.2. The van der Waals surface area contributed by atoms with E-state index in [2.05, 4.69) is 27.0 Å². The van der Waals surface area contributed by atoms with Crippen LogP contribution >= 0.6 is 0 Å². The number of fused-ring (bicyclic) bond motifs is 1. The van der Waals surface area contributed by atoms with Crippen LogP contribution in [0.3, 0.4) is 0 Å². The van der Waals surface area contributed by atoms with E-state index in [9.17, 15) is 4.79 Å². The van der Waals surface area contributed by atoms with Gasteiger partial charge >= 0.3 is 0 Å². The van der Waals surface area contributed by atoms with Crippen molar-refractivity contribution in [3.8, 4) is 11.4 Å². The summed E-state index contributed by atoms with van der Waals surface area (Å²) in [6, 6.07) is 13.8. The number of rotatable bonds is 5. The van der Waals surface area contributed by atoms with E-state index in [1.54, 1.807) is 10.6 Å². The molecule has 4 rings (SSSR count). The number of nitrogens with zero attached hydrogens (tertiary/aromatic N) is 5. The lowest BCUT2D eigenvalue weighted by molar-refractivity contribution is -0.125.